The van der Waals surface area contributed by atoms with Gasteiger partial charge in [0, 0.05) is 25.0 Å². The summed E-state index contributed by atoms with van der Waals surface area (Å²) in [6.07, 6.45) is 8.02. The first-order valence-electron chi connectivity index (χ1n) is 7.90. The SMILES string of the molecule is C=CC(=C)[Si](OCCCC)(OCCCC)OCCCC. The molecule has 0 rings (SSSR count). The van der Waals surface area contributed by atoms with Gasteiger partial charge in [-0.3, -0.25) is 0 Å². The second-order valence-electron chi connectivity index (χ2n) is 4.89. The minimum absolute atomic E-state index is 0.661. The van der Waals surface area contributed by atoms with Gasteiger partial charge in [0.25, 0.3) is 0 Å². The first-order valence-corrected chi connectivity index (χ1v) is 9.62. The molecule has 0 aromatic heterocycles. The number of allylic oxidation sites excluding steroid dienone is 2. The third kappa shape index (κ3) is 7.38. The number of rotatable bonds is 14. The highest BCUT2D eigenvalue weighted by Crippen LogP contribution is 2.21. The summed E-state index contributed by atoms with van der Waals surface area (Å²) in [4.78, 5) is 0. The zero-order valence-electron chi connectivity index (χ0n) is 13.6. The molecule has 0 aliphatic heterocycles. The fourth-order valence-corrected chi connectivity index (χ4v) is 3.88. The zero-order chi connectivity index (χ0) is 15.3. The molecule has 0 atom stereocenters. The molecular weight excluding hydrogens is 268 g/mol. The van der Waals surface area contributed by atoms with Crippen molar-refractivity contribution < 1.29 is 13.3 Å². The molecule has 0 saturated heterocycles. The van der Waals surface area contributed by atoms with Gasteiger partial charge in [0.05, 0.1) is 0 Å². The van der Waals surface area contributed by atoms with Gasteiger partial charge >= 0.3 is 8.80 Å². The summed E-state index contributed by atoms with van der Waals surface area (Å²) < 4.78 is 18.1. The lowest BCUT2D eigenvalue weighted by atomic mass is 10.4. The van der Waals surface area contributed by atoms with E-state index in [1.54, 1.807) is 6.08 Å². The predicted octanol–water partition coefficient (Wildman–Crippen LogP) is 4.66. The molecule has 0 amide bonds. The summed E-state index contributed by atoms with van der Waals surface area (Å²) in [6.45, 7) is 16.3. The zero-order valence-corrected chi connectivity index (χ0v) is 14.6. The minimum atomic E-state index is -2.82. The van der Waals surface area contributed by atoms with Crippen LogP contribution in [0.1, 0.15) is 59.3 Å². The second-order valence-corrected chi connectivity index (χ2v) is 7.51. The molecule has 0 aromatic carbocycles. The Balaban J connectivity index is 4.75. The van der Waals surface area contributed by atoms with E-state index in [9.17, 15) is 0 Å². The van der Waals surface area contributed by atoms with E-state index in [-0.39, 0.29) is 0 Å². The molecule has 20 heavy (non-hydrogen) atoms. The molecule has 4 heteroatoms. The number of unbranched alkanes of at least 4 members (excludes halogenated alkanes) is 3. The Kier molecular flexibility index (Phi) is 12.1. The van der Waals surface area contributed by atoms with E-state index < -0.39 is 8.80 Å². The lowest BCUT2D eigenvalue weighted by Gasteiger charge is -2.30. The Bertz CT molecular complexity index is 240. The summed E-state index contributed by atoms with van der Waals surface area (Å²) >= 11 is 0. The van der Waals surface area contributed by atoms with Crippen molar-refractivity contribution in [2.45, 2.75) is 59.3 Å². The van der Waals surface area contributed by atoms with Crippen LogP contribution in [-0.2, 0) is 13.3 Å². The molecule has 0 aliphatic carbocycles. The maximum atomic E-state index is 6.04. The first kappa shape index (κ1) is 19.6. The van der Waals surface area contributed by atoms with E-state index in [1.807, 2.05) is 0 Å². The fraction of sp³-hybridized carbons (Fsp3) is 0.750. The maximum Gasteiger partial charge on any atom is 0.536 e. The van der Waals surface area contributed by atoms with E-state index in [0.29, 0.717) is 19.8 Å². The van der Waals surface area contributed by atoms with Crippen molar-refractivity contribution in [2.75, 3.05) is 19.8 Å². The third-order valence-corrected chi connectivity index (χ3v) is 5.75. The van der Waals surface area contributed by atoms with Gasteiger partial charge in [-0.05, 0) is 19.3 Å². The molecule has 0 saturated carbocycles. The van der Waals surface area contributed by atoms with Gasteiger partial charge < -0.3 is 13.3 Å². The Hall–Kier alpha value is -0.423. The second kappa shape index (κ2) is 12.3. The fourth-order valence-electron chi connectivity index (χ4n) is 1.58. The standard InChI is InChI=1S/C16H32O3Si/c1-6-10-13-17-20(16(5)9-4,18-14-11-7-2)19-15-12-8-3/h9H,4-8,10-15H2,1-3H3. The lowest BCUT2D eigenvalue weighted by molar-refractivity contribution is 0.0663. The number of hydrogen-bond acceptors (Lipinski definition) is 3. The monoisotopic (exact) mass is 300 g/mol. The summed E-state index contributed by atoms with van der Waals surface area (Å²) in [6, 6.07) is 0. The van der Waals surface area contributed by atoms with Crippen LogP contribution < -0.4 is 0 Å². The summed E-state index contributed by atoms with van der Waals surface area (Å²) in [7, 11) is -2.82. The molecule has 0 spiro atoms. The van der Waals surface area contributed by atoms with Crippen molar-refractivity contribution in [1.82, 2.24) is 0 Å². The Morgan fingerprint density at radius 2 is 1.20 bits per heavy atom. The molecule has 0 radical (unpaired) electrons. The molecule has 0 N–H and O–H groups in total. The minimum Gasteiger partial charge on any atom is -0.370 e. The first-order chi connectivity index (χ1) is 9.66. The molecular formula is C16H32O3Si. The molecule has 0 unspecified atom stereocenters. The predicted molar refractivity (Wildman–Crippen MR) is 87.7 cm³/mol. The molecule has 0 aliphatic rings. The quantitative estimate of drug-likeness (QED) is 0.265. The van der Waals surface area contributed by atoms with Crippen molar-refractivity contribution in [1.29, 1.82) is 0 Å². The molecule has 3 nitrogen and oxygen atoms in total. The average molecular weight is 301 g/mol. The Morgan fingerprint density at radius 3 is 1.45 bits per heavy atom. The van der Waals surface area contributed by atoms with Crippen LogP contribution in [0.2, 0.25) is 0 Å². The van der Waals surface area contributed by atoms with Gasteiger partial charge in [0.1, 0.15) is 0 Å². The largest absolute Gasteiger partial charge is 0.536 e. The van der Waals surface area contributed by atoms with Crippen molar-refractivity contribution in [2.24, 2.45) is 0 Å². The van der Waals surface area contributed by atoms with Crippen molar-refractivity contribution >= 4 is 8.80 Å². The molecule has 0 fully saturated rings. The van der Waals surface area contributed by atoms with Crippen LogP contribution in [0.5, 0.6) is 0 Å². The van der Waals surface area contributed by atoms with E-state index in [1.165, 1.54) is 0 Å². The maximum absolute atomic E-state index is 6.04. The van der Waals surface area contributed by atoms with Crippen LogP contribution >= 0.6 is 0 Å². The third-order valence-electron chi connectivity index (χ3n) is 3.01. The van der Waals surface area contributed by atoms with Gasteiger partial charge in [-0.15, -0.1) is 0 Å². The van der Waals surface area contributed by atoms with Crippen LogP contribution in [0.25, 0.3) is 0 Å². The highest BCUT2D eigenvalue weighted by molar-refractivity contribution is 6.69. The highest BCUT2D eigenvalue weighted by atomic mass is 28.4. The van der Waals surface area contributed by atoms with Crippen molar-refractivity contribution in [3.63, 3.8) is 0 Å². The topological polar surface area (TPSA) is 27.7 Å². The van der Waals surface area contributed by atoms with E-state index in [2.05, 4.69) is 33.9 Å². The summed E-state index contributed by atoms with van der Waals surface area (Å²) in [5.41, 5.74) is 0. The molecule has 0 aromatic rings. The Morgan fingerprint density at radius 1 is 0.850 bits per heavy atom. The van der Waals surface area contributed by atoms with Crippen LogP contribution in [0, 0.1) is 0 Å². The van der Waals surface area contributed by atoms with Gasteiger partial charge in [-0.1, -0.05) is 59.3 Å². The van der Waals surface area contributed by atoms with Crippen LogP contribution in [0.4, 0.5) is 0 Å². The van der Waals surface area contributed by atoms with Crippen LogP contribution in [0.15, 0.2) is 24.4 Å². The number of hydrogen-bond donors (Lipinski definition) is 0. The van der Waals surface area contributed by atoms with E-state index in [0.717, 1.165) is 43.7 Å². The van der Waals surface area contributed by atoms with Crippen molar-refractivity contribution in [3.8, 4) is 0 Å². The highest BCUT2D eigenvalue weighted by Gasteiger charge is 2.43. The van der Waals surface area contributed by atoms with E-state index >= 15 is 0 Å². The normalized spacial score (nSPS) is 11.6. The summed E-state index contributed by atoms with van der Waals surface area (Å²) in [5.74, 6) is 0. The van der Waals surface area contributed by atoms with Gasteiger partial charge in [-0.2, -0.15) is 0 Å². The van der Waals surface area contributed by atoms with Gasteiger partial charge in [-0.25, -0.2) is 0 Å². The smallest absolute Gasteiger partial charge is 0.370 e. The van der Waals surface area contributed by atoms with Crippen LogP contribution in [0.3, 0.4) is 0 Å². The molecule has 0 heterocycles. The van der Waals surface area contributed by atoms with Crippen LogP contribution in [-0.4, -0.2) is 28.6 Å². The van der Waals surface area contributed by atoms with Gasteiger partial charge in [0.15, 0.2) is 0 Å². The molecule has 0 bridgehead atoms. The van der Waals surface area contributed by atoms with E-state index in [4.69, 9.17) is 13.3 Å². The average Bonchev–Trinajstić information content (AvgIpc) is 2.46. The van der Waals surface area contributed by atoms with Crippen molar-refractivity contribution in [3.05, 3.63) is 24.4 Å². The molecule has 118 valence electrons. The Labute approximate surface area is 126 Å². The van der Waals surface area contributed by atoms with Gasteiger partial charge in [0.2, 0.25) is 0 Å². The summed E-state index contributed by atoms with van der Waals surface area (Å²) in [5, 5.41) is 0.779. The lowest BCUT2D eigenvalue weighted by Crippen LogP contribution is -2.48.